The van der Waals surface area contributed by atoms with Gasteiger partial charge in [0.15, 0.2) is 5.69 Å². The molecule has 0 aliphatic heterocycles. The summed E-state index contributed by atoms with van der Waals surface area (Å²) >= 11 is 0. The number of nitriles is 1. The molecule has 0 aliphatic rings. The summed E-state index contributed by atoms with van der Waals surface area (Å²) < 4.78 is 1.91. The number of imidazole rings is 1. The Morgan fingerprint density at radius 2 is 1.76 bits per heavy atom. The van der Waals surface area contributed by atoms with Crippen molar-refractivity contribution in [1.82, 2.24) is 9.55 Å². The fraction of sp³-hybridized carbons (Fsp3) is 0.286. The molecular formula is C14H15N3. The van der Waals surface area contributed by atoms with Crippen LogP contribution in [-0.4, -0.2) is 9.55 Å². The molecule has 0 spiro atoms. The van der Waals surface area contributed by atoms with Crippen LogP contribution in [0, 0.1) is 32.1 Å². The molecule has 3 nitrogen and oxygen atoms in total. The first-order valence-corrected chi connectivity index (χ1v) is 5.54. The van der Waals surface area contributed by atoms with Crippen LogP contribution >= 0.6 is 0 Å². The van der Waals surface area contributed by atoms with Crippen LogP contribution in [0.2, 0.25) is 0 Å². The highest BCUT2D eigenvalue weighted by Gasteiger charge is 2.15. The van der Waals surface area contributed by atoms with Crippen molar-refractivity contribution in [3.8, 4) is 17.3 Å². The average molecular weight is 225 g/mol. The summed E-state index contributed by atoms with van der Waals surface area (Å²) in [4.78, 5) is 4.12. The van der Waals surface area contributed by atoms with Gasteiger partial charge in [0.2, 0.25) is 0 Å². The van der Waals surface area contributed by atoms with Gasteiger partial charge in [-0.15, -0.1) is 0 Å². The highest BCUT2D eigenvalue weighted by atomic mass is 15.0. The zero-order chi connectivity index (χ0) is 12.6. The molecule has 2 aromatic rings. The summed E-state index contributed by atoms with van der Waals surface area (Å²) in [6, 6.07) is 6.42. The number of aryl methyl sites for hydroxylation is 4. The number of nitrogens with zero attached hydrogens (tertiary/aromatic N) is 3. The van der Waals surface area contributed by atoms with Crippen molar-refractivity contribution in [2.24, 2.45) is 7.05 Å². The van der Waals surface area contributed by atoms with Gasteiger partial charge in [0, 0.05) is 12.6 Å². The Kier molecular flexibility index (Phi) is 2.72. The molecule has 0 N–H and O–H groups in total. The molecule has 1 heterocycles. The van der Waals surface area contributed by atoms with E-state index in [1.165, 1.54) is 16.7 Å². The van der Waals surface area contributed by atoms with E-state index in [0.717, 1.165) is 11.3 Å². The van der Waals surface area contributed by atoms with E-state index in [1.54, 1.807) is 6.33 Å². The number of benzene rings is 1. The first-order chi connectivity index (χ1) is 8.04. The van der Waals surface area contributed by atoms with Crippen LogP contribution in [0.4, 0.5) is 0 Å². The highest BCUT2D eigenvalue weighted by molar-refractivity contribution is 5.72. The van der Waals surface area contributed by atoms with E-state index >= 15 is 0 Å². The van der Waals surface area contributed by atoms with Crippen molar-refractivity contribution in [1.29, 1.82) is 5.26 Å². The molecule has 2 rings (SSSR count). The maximum atomic E-state index is 9.10. The van der Waals surface area contributed by atoms with E-state index in [9.17, 15) is 0 Å². The second-order valence-corrected chi connectivity index (χ2v) is 4.44. The monoisotopic (exact) mass is 225 g/mol. The predicted molar refractivity (Wildman–Crippen MR) is 67.6 cm³/mol. The Bertz CT molecular complexity index is 592. The van der Waals surface area contributed by atoms with Crippen LogP contribution in [0.1, 0.15) is 22.4 Å². The maximum Gasteiger partial charge on any atom is 0.166 e. The minimum Gasteiger partial charge on any atom is -0.333 e. The third-order valence-corrected chi connectivity index (χ3v) is 2.96. The molecule has 0 saturated carbocycles. The minimum atomic E-state index is 0.488. The van der Waals surface area contributed by atoms with Crippen LogP contribution in [0.25, 0.3) is 11.3 Å². The molecule has 0 saturated heterocycles. The standard InChI is InChI=1S/C14H15N3/c1-9-5-10(2)13(11(3)6-9)14-12(7-15)16-8-17(14)4/h5-6,8H,1-4H3. The first kappa shape index (κ1) is 11.4. The van der Waals surface area contributed by atoms with Crippen molar-refractivity contribution in [3.05, 3.63) is 40.8 Å². The first-order valence-electron chi connectivity index (χ1n) is 5.54. The smallest absolute Gasteiger partial charge is 0.166 e. The fourth-order valence-corrected chi connectivity index (χ4v) is 2.36. The third-order valence-electron chi connectivity index (χ3n) is 2.96. The lowest BCUT2D eigenvalue weighted by molar-refractivity contribution is 0.919. The summed E-state index contributed by atoms with van der Waals surface area (Å²) in [5.41, 5.74) is 6.12. The van der Waals surface area contributed by atoms with Gasteiger partial charge in [-0.25, -0.2) is 4.98 Å². The quantitative estimate of drug-likeness (QED) is 0.748. The SMILES string of the molecule is Cc1cc(C)c(-c2c(C#N)ncn2C)c(C)c1. The van der Waals surface area contributed by atoms with E-state index < -0.39 is 0 Å². The molecule has 0 amide bonds. The Morgan fingerprint density at radius 3 is 2.29 bits per heavy atom. The number of hydrogen-bond donors (Lipinski definition) is 0. The summed E-state index contributed by atoms with van der Waals surface area (Å²) in [5, 5.41) is 9.10. The van der Waals surface area contributed by atoms with Gasteiger partial charge >= 0.3 is 0 Å². The normalized spacial score (nSPS) is 10.3. The van der Waals surface area contributed by atoms with E-state index in [1.807, 2.05) is 11.6 Å². The van der Waals surface area contributed by atoms with Crippen molar-refractivity contribution >= 4 is 0 Å². The van der Waals surface area contributed by atoms with Crippen molar-refractivity contribution in [2.45, 2.75) is 20.8 Å². The molecule has 86 valence electrons. The predicted octanol–water partition coefficient (Wildman–Crippen LogP) is 2.88. The molecule has 0 bridgehead atoms. The van der Waals surface area contributed by atoms with Crippen LogP contribution in [0.3, 0.4) is 0 Å². The van der Waals surface area contributed by atoms with Crippen LogP contribution in [-0.2, 0) is 7.05 Å². The van der Waals surface area contributed by atoms with Crippen molar-refractivity contribution in [3.63, 3.8) is 0 Å². The summed E-state index contributed by atoms with van der Waals surface area (Å²) in [7, 11) is 1.92. The molecular weight excluding hydrogens is 210 g/mol. The fourth-order valence-electron chi connectivity index (χ4n) is 2.36. The van der Waals surface area contributed by atoms with Gasteiger partial charge in [0.25, 0.3) is 0 Å². The molecule has 0 atom stereocenters. The lowest BCUT2D eigenvalue weighted by atomic mass is 9.96. The molecule has 0 aliphatic carbocycles. The lowest BCUT2D eigenvalue weighted by Crippen LogP contribution is -1.97. The van der Waals surface area contributed by atoms with Gasteiger partial charge in [-0.3, -0.25) is 0 Å². The molecule has 1 aromatic carbocycles. The van der Waals surface area contributed by atoms with E-state index in [0.29, 0.717) is 5.69 Å². The summed E-state index contributed by atoms with van der Waals surface area (Å²) in [6.07, 6.45) is 1.69. The zero-order valence-corrected chi connectivity index (χ0v) is 10.6. The van der Waals surface area contributed by atoms with Crippen molar-refractivity contribution in [2.75, 3.05) is 0 Å². The number of aromatic nitrogens is 2. The van der Waals surface area contributed by atoms with Crippen LogP contribution in [0.15, 0.2) is 18.5 Å². The molecule has 0 fully saturated rings. The Balaban J connectivity index is 2.78. The summed E-state index contributed by atoms with van der Waals surface area (Å²) in [5.74, 6) is 0. The lowest BCUT2D eigenvalue weighted by Gasteiger charge is -2.12. The Hall–Kier alpha value is -2.08. The van der Waals surface area contributed by atoms with Gasteiger partial charge < -0.3 is 4.57 Å². The second-order valence-electron chi connectivity index (χ2n) is 4.44. The van der Waals surface area contributed by atoms with E-state index in [-0.39, 0.29) is 0 Å². The largest absolute Gasteiger partial charge is 0.333 e. The molecule has 0 unspecified atom stereocenters. The van der Waals surface area contributed by atoms with Crippen molar-refractivity contribution < 1.29 is 0 Å². The Labute approximate surface area is 101 Å². The van der Waals surface area contributed by atoms with Gasteiger partial charge in [-0.2, -0.15) is 5.26 Å². The average Bonchev–Trinajstić information content (AvgIpc) is 2.59. The molecule has 0 radical (unpaired) electrons. The highest BCUT2D eigenvalue weighted by Crippen LogP contribution is 2.29. The zero-order valence-electron chi connectivity index (χ0n) is 10.6. The third kappa shape index (κ3) is 1.83. The van der Waals surface area contributed by atoms with Gasteiger partial charge in [-0.05, 0) is 31.9 Å². The molecule has 1 aromatic heterocycles. The minimum absolute atomic E-state index is 0.488. The number of rotatable bonds is 1. The molecule has 17 heavy (non-hydrogen) atoms. The van der Waals surface area contributed by atoms with Gasteiger partial charge in [0.05, 0.1) is 12.0 Å². The van der Waals surface area contributed by atoms with E-state index in [4.69, 9.17) is 5.26 Å². The van der Waals surface area contributed by atoms with E-state index in [2.05, 4.69) is 44.0 Å². The number of hydrogen-bond acceptors (Lipinski definition) is 2. The molecule has 3 heteroatoms. The van der Waals surface area contributed by atoms with Crippen LogP contribution in [0.5, 0.6) is 0 Å². The summed E-state index contributed by atoms with van der Waals surface area (Å²) in [6.45, 7) is 6.23. The van der Waals surface area contributed by atoms with Crippen LogP contribution < -0.4 is 0 Å². The van der Waals surface area contributed by atoms with Gasteiger partial charge in [0.1, 0.15) is 6.07 Å². The van der Waals surface area contributed by atoms with Gasteiger partial charge in [-0.1, -0.05) is 17.7 Å². The Morgan fingerprint density at radius 1 is 1.18 bits per heavy atom. The second kappa shape index (κ2) is 4.06. The topological polar surface area (TPSA) is 41.6 Å². The maximum absolute atomic E-state index is 9.10.